The van der Waals surface area contributed by atoms with Gasteiger partial charge in [0.1, 0.15) is 11.5 Å². The number of phenols is 2. The van der Waals surface area contributed by atoms with Gasteiger partial charge in [-0.05, 0) is 12.0 Å². The molecule has 0 saturated heterocycles. The van der Waals surface area contributed by atoms with Gasteiger partial charge in [0.2, 0.25) is 0 Å². The summed E-state index contributed by atoms with van der Waals surface area (Å²) in [5.74, 6) is 0.584. The zero-order valence-corrected chi connectivity index (χ0v) is 9.03. The summed E-state index contributed by atoms with van der Waals surface area (Å²) in [5.41, 5.74) is 3.44. The Kier molecular flexibility index (Phi) is 4.39. The summed E-state index contributed by atoms with van der Waals surface area (Å²) in [6, 6.07) is 4.48. The zero-order chi connectivity index (χ0) is 11.3. The highest BCUT2D eigenvalue weighted by atomic mass is 16.6. The Hall–Kier alpha value is -1.26. The summed E-state index contributed by atoms with van der Waals surface area (Å²) in [4.78, 5) is 5.16. The van der Waals surface area contributed by atoms with Crippen LogP contribution < -0.4 is 5.48 Å². The number of hydroxylamine groups is 1. The van der Waals surface area contributed by atoms with Crippen molar-refractivity contribution in [2.45, 2.75) is 20.4 Å². The minimum absolute atomic E-state index is 0.0550. The van der Waals surface area contributed by atoms with Crippen LogP contribution in [0.2, 0.25) is 0 Å². The average Bonchev–Trinajstić information content (AvgIpc) is 2.14. The van der Waals surface area contributed by atoms with E-state index in [-0.39, 0.29) is 11.5 Å². The molecule has 0 bridgehead atoms. The largest absolute Gasteiger partial charge is 0.508 e. The predicted octanol–water partition coefficient (Wildman–Crippen LogP) is 1.77. The van der Waals surface area contributed by atoms with Gasteiger partial charge in [-0.3, -0.25) is 0 Å². The van der Waals surface area contributed by atoms with Crippen molar-refractivity contribution >= 4 is 0 Å². The summed E-state index contributed by atoms with van der Waals surface area (Å²) >= 11 is 0. The van der Waals surface area contributed by atoms with Gasteiger partial charge in [0.15, 0.2) is 0 Å². The third kappa shape index (κ3) is 4.18. The molecular formula is C11H17NO3. The standard InChI is InChI=1S/C11H17NO3/c1-8(2)7-15-12-6-9-3-4-10(13)5-11(9)14/h3-5,8,12-14H,6-7H2,1-2H3. The van der Waals surface area contributed by atoms with Gasteiger partial charge in [0.05, 0.1) is 6.61 Å². The minimum Gasteiger partial charge on any atom is -0.508 e. The fraction of sp³-hybridized carbons (Fsp3) is 0.455. The van der Waals surface area contributed by atoms with Crippen molar-refractivity contribution in [2.75, 3.05) is 6.61 Å². The number of aromatic hydroxyl groups is 2. The third-order valence-electron chi connectivity index (χ3n) is 1.85. The van der Waals surface area contributed by atoms with E-state index in [1.807, 2.05) is 0 Å². The number of phenolic OH excluding ortho intramolecular Hbond substituents is 2. The minimum atomic E-state index is 0.0550. The van der Waals surface area contributed by atoms with E-state index in [2.05, 4.69) is 19.3 Å². The number of benzene rings is 1. The fourth-order valence-corrected chi connectivity index (χ4v) is 1.06. The highest BCUT2D eigenvalue weighted by Gasteiger charge is 2.02. The first kappa shape index (κ1) is 11.8. The monoisotopic (exact) mass is 211 g/mol. The highest BCUT2D eigenvalue weighted by Crippen LogP contribution is 2.22. The van der Waals surface area contributed by atoms with E-state index in [9.17, 15) is 5.11 Å². The molecule has 4 heteroatoms. The molecule has 1 rings (SSSR count). The SMILES string of the molecule is CC(C)CONCc1ccc(O)cc1O. The first-order valence-corrected chi connectivity index (χ1v) is 4.95. The Morgan fingerprint density at radius 3 is 2.67 bits per heavy atom. The molecule has 4 nitrogen and oxygen atoms in total. The lowest BCUT2D eigenvalue weighted by molar-refractivity contribution is 0.0193. The van der Waals surface area contributed by atoms with Crippen LogP contribution >= 0.6 is 0 Å². The Bertz CT molecular complexity index is 313. The van der Waals surface area contributed by atoms with Gasteiger partial charge in [0, 0.05) is 18.2 Å². The molecule has 0 aromatic heterocycles. The van der Waals surface area contributed by atoms with Crippen LogP contribution in [0.15, 0.2) is 18.2 Å². The first-order chi connectivity index (χ1) is 7.09. The number of hydrogen-bond donors (Lipinski definition) is 3. The molecule has 0 unspecified atom stereocenters. The van der Waals surface area contributed by atoms with Gasteiger partial charge < -0.3 is 15.1 Å². The summed E-state index contributed by atoms with van der Waals surface area (Å²) in [5, 5.41) is 18.5. The Balaban J connectivity index is 2.37. The van der Waals surface area contributed by atoms with Gasteiger partial charge in [0.25, 0.3) is 0 Å². The molecule has 0 atom stereocenters. The second-order valence-corrected chi connectivity index (χ2v) is 3.84. The molecule has 15 heavy (non-hydrogen) atoms. The summed E-state index contributed by atoms with van der Waals surface area (Å²) in [7, 11) is 0. The van der Waals surface area contributed by atoms with E-state index in [4.69, 9.17) is 9.94 Å². The van der Waals surface area contributed by atoms with Crippen LogP contribution in [0.4, 0.5) is 0 Å². The maximum absolute atomic E-state index is 9.44. The van der Waals surface area contributed by atoms with Crippen molar-refractivity contribution in [2.24, 2.45) is 5.92 Å². The van der Waals surface area contributed by atoms with E-state index in [0.29, 0.717) is 24.6 Å². The van der Waals surface area contributed by atoms with Crippen molar-refractivity contribution in [3.8, 4) is 11.5 Å². The van der Waals surface area contributed by atoms with Crippen LogP contribution in [0.25, 0.3) is 0 Å². The lowest BCUT2D eigenvalue weighted by Crippen LogP contribution is -2.17. The van der Waals surface area contributed by atoms with Crippen LogP contribution in [0.3, 0.4) is 0 Å². The molecule has 84 valence electrons. The molecule has 0 aliphatic heterocycles. The van der Waals surface area contributed by atoms with Crippen LogP contribution in [-0.2, 0) is 11.4 Å². The van der Waals surface area contributed by atoms with Crippen molar-refractivity contribution in [1.82, 2.24) is 5.48 Å². The average molecular weight is 211 g/mol. The lowest BCUT2D eigenvalue weighted by atomic mass is 10.2. The van der Waals surface area contributed by atoms with Gasteiger partial charge in [-0.25, -0.2) is 0 Å². The Labute approximate surface area is 89.5 Å². The van der Waals surface area contributed by atoms with Crippen molar-refractivity contribution < 1.29 is 15.1 Å². The van der Waals surface area contributed by atoms with Crippen LogP contribution in [0.5, 0.6) is 11.5 Å². The second kappa shape index (κ2) is 5.58. The maximum atomic E-state index is 9.44. The number of nitrogens with one attached hydrogen (secondary N) is 1. The summed E-state index contributed by atoms with van der Waals surface area (Å²) in [6.45, 7) is 5.15. The summed E-state index contributed by atoms with van der Waals surface area (Å²) in [6.07, 6.45) is 0. The first-order valence-electron chi connectivity index (χ1n) is 4.95. The normalized spacial score (nSPS) is 10.9. The molecule has 1 aromatic carbocycles. The molecule has 0 aliphatic carbocycles. The predicted molar refractivity (Wildman–Crippen MR) is 57.4 cm³/mol. The summed E-state index contributed by atoms with van der Waals surface area (Å²) < 4.78 is 0. The van der Waals surface area contributed by atoms with Gasteiger partial charge >= 0.3 is 0 Å². The van der Waals surface area contributed by atoms with Gasteiger partial charge in [-0.2, -0.15) is 5.48 Å². The van der Waals surface area contributed by atoms with E-state index in [1.54, 1.807) is 6.07 Å². The van der Waals surface area contributed by atoms with Crippen LogP contribution in [0, 0.1) is 5.92 Å². The second-order valence-electron chi connectivity index (χ2n) is 3.84. The van der Waals surface area contributed by atoms with Gasteiger partial charge in [-0.1, -0.05) is 19.9 Å². The molecule has 1 aromatic rings. The third-order valence-corrected chi connectivity index (χ3v) is 1.85. The Morgan fingerprint density at radius 1 is 1.33 bits per heavy atom. The van der Waals surface area contributed by atoms with Crippen molar-refractivity contribution in [3.05, 3.63) is 23.8 Å². The molecule has 0 saturated carbocycles. The van der Waals surface area contributed by atoms with Crippen LogP contribution in [0.1, 0.15) is 19.4 Å². The molecule has 0 heterocycles. The molecule has 0 amide bonds. The smallest absolute Gasteiger partial charge is 0.123 e. The van der Waals surface area contributed by atoms with E-state index in [1.165, 1.54) is 12.1 Å². The molecule has 3 N–H and O–H groups in total. The van der Waals surface area contributed by atoms with E-state index < -0.39 is 0 Å². The quantitative estimate of drug-likeness (QED) is 0.513. The highest BCUT2D eigenvalue weighted by molar-refractivity contribution is 5.38. The maximum Gasteiger partial charge on any atom is 0.123 e. The zero-order valence-electron chi connectivity index (χ0n) is 9.03. The van der Waals surface area contributed by atoms with Crippen LogP contribution in [-0.4, -0.2) is 16.8 Å². The molecular weight excluding hydrogens is 194 g/mol. The van der Waals surface area contributed by atoms with Crippen molar-refractivity contribution in [1.29, 1.82) is 0 Å². The Morgan fingerprint density at radius 2 is 2.07 bits per heavy atom. The molecule has 0 aliphatic rings. The molecule has 0 radical (unpaired) electrons. The van der Waals surface area contributed by atoms with Gasteiger partial charge in [-0.15, -0.1) is 0 Å². The lowest BCUT2D eigenvalue weighted by Gasteiger charge is -2.09. The van der Waals surface area contributed by atoms with Crippen molar-refractivity contribution in [3.63, 3.8) is 0 Å². The number of hydrogen-bond acceptors (Lipinski definition) is 4. The van der Waals surface area contributed by atoms with E-state index >= 15 is 0 Å². The molecule has 0 spiro atoms. The van der Waals surface area contributed by atoms with E-state index in [0.717, 1.165) is 0 Å². The number of rotatable bonds is 5. The molecule has 0 fully saturated rings. The fourth-order valence-electron chi connectivity index (χ4n) is 1.06. The topological polar surface area (TPSA) is 61.7 Å².